The van der Waals surface area contributed by atoms with Gasteiger partial charge in [0.2, 0.25) is 0 Å². The third-order valence-corrected chi connectivity index (χ3v) is 0.254. The highest BCUT2D eigenvalue weighted by Gasteiger charge is 1.41. The van der Waals surface area contributed by atoms with Crippen molar-refractivity contribution < 1.29 is 0 Å². The summed E-state index contributed by atoms with van der Waals surface area (Å²) in [5, 5.41) is 0. The molecule has 0 fully saturated rings. The van der Waals surface area contributed by atoms with Crippen molar-refractivity contribution in [1.82, 2.24) is 0 Å². The molecule has 9 heavy (non-hydrogen) atoms. The Bertz CT molecular complexity index is 55.6. The van der Waals surface area contributed by atoms with Crippen molar-refractivity contribution in [2.75, 3.05) is 0 Å². The van der Waals surface area contributed by atoms with Crippen molar-refractivity contribution in [3.63, 3.8) is 0 Å². The van der Waals surface area contributed by atoms with E-state index in [1.165, 1.54) is 0 Å². The van der Waals surface area contributed by atoms with Gasteiger partial charge < -0.3 is 0 Å². The van der Waals surface area contributed by atoms with Crippen LogP contribution in [0.25, 0.3) is 0 Å². The average Bonchev–Trinajstić information content (AvgIpc) is 1.98. The van der Waals surface area contributed by atoms with Crippen molar-refractivity contribution >= 4 is 6.72 Å². The first kappa shape index (κ1) is 15.7. The van der Waals surface area contributed by atoms with E-state index in [1.807, 2.05) is 26.8 Å². The van der Waals surface area contributed by atoms with Crippen LogP contribution in [0.3, 0.4) is 0 Å². The van der Waals surface area contributed by atoms with Crippen LogP contribution >= 0.6 is 0 Å². The highest BCUT2D eigenvalue weighted by Crippen LogP contribution is 1.63. The van der Waals surface area contributed by atoms with Gasteiger partial charge >= 0.3 is 0 Å². The van der Waals surface area contributed by atoms with Crippen LogP contribution in [0.1, 0.15) is 20.8 Å². The summed E-state index contributed by atoms with van der Waals surface area (Å²) < 4.78 is 0. The summed E-state index contributed by atoms with van der Waals surface area (Å²) in [7, 11) is 0. The molecule has 0 aromatic carbocycles. The predicted molar refractivity (Wildman–Crippen MR) is 47.0 cm³/mol. The van der Waals surface area contributed by atoms with Gasteiger partial charge in [0, 0.05) is 6.20 Å². The van der Waals surface area contributed by atoms with Crippen LogP contribution in [-0.2, 0) is 0 Å². The van der Waals surface area contributed by atoms with Crippen LogP contribution in [0.5, 0.6) is 0 Å². The lowest BCUT2D eigenvalue weighted by molar-refractivity contribution is 1.50. The van der Waals surface area contributed by atoms with Crippen LogP contribution in [-0.4, -0.2) is 6.72 Å². The number of nitrogens with zero attached hydrogens (tertiary/aromatic N) is 1. The van der Waals surface area contributed by atoms with E-state index in [9.17, 15) is 0 Å². The van der Waals surface area contributed by atoms with Gasteiger partial charge in [0.25, 0.3) is 0 Å². The first-order valence-electron chi connectivity index (χ1n) is 2.99. The van der Waals surface area contributed by atoms with Crippen LogP contribution < -0.4 is 0 Å². The molecule has 0 spiro atoms. The Kier molecular flexibility index (Phi) is 102. The molecular formula is C8H17N. The van der Waals surface area contributed by atoms with E-state index in [2.05, 4.69) is 24.9 Å². The third-order valence-electron chi connectivity index (χ3n) is 0.254. The quantitative estimate of drug-likeness (QED) is 0.379. The fourth-order valence-electron chi connectivity index (χ4n) is 0.105. The minimum Gasteiger partial charge on any atom is -0.273 e. The molecule has 0 atom stereocenters. The fraction of sp³-hybridized carbons (Fsp3) is 0.375. The van der Waals surface area contributed by atoms with Crippen LogP contribution in [0, 0.1) is 0 Å². The minimum atomic E-state index is 1.64. The van der Waals surface area contributed by atoms with Crippen LogP contribution in [0.15, 0.2) is 30.4 Å². The molecule has 0 aliphatic heterocycles. The molecule has 1 heteroatoms. The second-order valence-electron chi connectivity index (χ2n) is 0.665. The molecule has 54 valence electrons. The van der Waals surface area contributed by atoms with Gasteiger partial charge in [-0.25, -0.2) is 0 Å². The SMILES string of the molecule is C=C.C=N/C=C\C.CC. The van der Waals surface area contributed by atoms with Gasteiger partial charge in [0.1, 0.15) is 0 Å². The van der Waals surface area contributed by atoms with E-state index in [1.54, 1.807) is 6.20 Å². The largest absolute Gasteiger partial charge is 0.273 e. The van der Waals surface area contributed by atoms with E-state index < -0.39 is 0 Å². The van der Waals surface area contributed by atoms with E-state index in [-0.39, 0.29) is 0 Å². The summed E-state index contributed by atoms with van der Waals surface area (Å²) in [6.07, 6.45) is 3.47. The van der Waals surface area contributed by atoms with Crippen molar-refractivity contribution in [3.05, 3.63) is 25.4 Å². The first-order valence-corrected chi connectivity index (χ1v) is 2.99. The average molecular weight is 127 g/mol. The Hall–Kier alpha value is -0.850. The summed E-state index contributed by atoms with van der Waals surface area (Å²) in [6.45, 7) is 15.1. The van der Waals surface area contributed by atoms with Gasteiger partial charge in [0.05, 0.1) is 0 Å². The number of hydrogen-bond acceptors (Lipinski definition) is 1. The van der Waals surface area contributed by atoms with E-state index in [0.29, 0.717) is 0 Å². The molecule has 0 saturated carbocycles. The summed E-state index contributed by atoms with van der Waals surface area (Å²) in [6, 6.07) is 0. The minimum absolute atomic E-state index is 1.64. The molecule has 0 heterocycles. The van der Waals surface area contributed by atoms with Gasteiger partial charge in [-0.1, -0.05) is 19.9 Å². The number of aliphatic imine (C=N–C) groups is 1. The highest BCUT2D eigenvalue weighted by atomic mass is 14.6. The number of rotatable bonds is 1. The molecular weight excluding hydrogens is 110 g/mol. The summed E-state index contributed by atoms with van der Waals surface area (Å²) in [5.41, 5.74) is 0. The Labute approximate surface area is 58.8 Å². The zero-order chi connectivity index (χ0) is 8.12. The molecule has 0 aromatic rings. The lowest BCUT2D eigenvalue weighted by atomic mass is 10.7. The van der Waals surface area contributed by atoms with E-state index >= 15 is 0 Å². The summed E-state index contributed by atoms with van der Waals surface area (Å²) >= 11 is 0. The van der Waals surface area contributed by atoms with Crippen LogP contribution in [0.2, 0.25) is 0 Å². The smallest absolute Gasteiger partial charge is 0.0217 e. The molecule has 0 unspecified atom stereocenters. The zero-order valence-corrected chi connectivity index (χ0v) is 6.72. The Morgan fingerprint density at radius 2 is 1.56 bits per heavy atom. The molecule has 0 aliphatic rings. The van der Waals surface area contributed by atoms with Crippen molar-refractivity contribution in [2.24, 2.45) is 4.99 Å². The molecule has 0 aliphatic carbocycles. The number of hydrogen-bond donors (Lipinski definition) is 0. The summed E-state index contributed by atoms with van der Waals surface area (Å²) in [5.74, 6) is 0. The Morgan fingerprint density at radius 1 is 1.22 bits per heavy atom. The first-order chi connectivity index (χ1) is 4.41. The lowest BCUT2D eigenvalue weighted by Gasteiger charge is -1.58. The normalized spacial score (nSPS) is 6.11. The molecule has 0 radical (unpaired) electrons. The van der Waals surface area contributed by atoms with Gasteiger partial charge in [-0.05, 0) is 13.6 Å². The second kappa shape index (κ2) is 58.5. The van der Waals surface area contributed by atoms with Gasteiger partial charge in [-0.2, -0.15) is 0 Å². The van der Waals surface area contributed by atoms with Gasteiger partial charge in [-0.3, -0.25) is 4.99 Å². The summed E-state index contributed by atoms with van der Waals surface area (Å²) in [4.78, 5) is 3.42. The van der Waals surface area contributed by atoms with Crippen LogP contribution in [0.4, 0.5) is 0 Å². The third kappa shape index (κ3) is 143. The molecule has 0 saturated heterocycles. The standard InChI is InChI=1S/C4H7N.C2H6.C2H4/c1-3-4-5-2;2*1-2/h3-4H,2H2,1H3;1-2H3;1-2H2/b4-3-;;. The van der Waals surface area contributed by atoms with E-state index in [0.717, 1.165) is 0 Å². The lowest BCUT2D eigenvalue weighted by Crippen LogP contribution is -1.36. The maximum atomic E-state index is 3.42. The topological polar surface area (TPSA) is 12.4 Å². The van der Waals surface area contributed by atoms with E-state index in [4.69, 9.17) is 0 Å². The molecule has 0 aromatic heterocycles. The molecule has 0 N–H and O–H groups in total. The Balaban J connectivity index is -0.0000000771. The maximum Gasteiger partial charge on any atom is 0.0217 e. The molecule has 1 nitrogen and oxygen atoms in total. The fourth-order valence-corrected chi connectivity index (χ4v) is 0.105. The molecule has 0 rings (SSSR count). The van der Waals surface area contributed by atoms with Crippen molar-refractivity contribution in [3.8, 4) is 0 Å². The zero-order valence-electron chi connectivity index (χ0n) is 6.72. The van der Waals surface area contributed by atoms with Gasteiger partial charge in [0.15, 0.2) is 0 Å². The number of allylic oxidation sites excluding steroid dienone is 1. The molecule has 0 bridgehead atoms. The maximum absolute atomic E-state index is 3.42. The molecule has 0 amide bonds. The predicted octanol–water partition coefficient (Wildman–Crippen LogP) is 3.05. The van der Waals surface area contributed by atoms with Gasteiger partial charge in [-0.15, -0.1) is 13.2 Å². The van der Waals surface area contributed by atoms with Crippen molar-refractivity contribution in [1.29, 1.82) is 0 Å². The Morgan fingerprint density at radius 3 is 1.56 bits per heavy atom. The highest BCUT2D eigenvalue weighted by molar-refractivity contribution is 5.25. The second-order valence-corrected chi connectivity index (χ2v) is 0.665. The monoisotopic (exact) mass is 127 g/mol. The van der Waals surface area contributed by atoms with Crippen molar-refractivity contribution in [2.45, 2.75) is 20.8 Å².